The van der Waals surface area contributed by atoms with Crippen molar-refractivity contribution >= 4 is 11.8 Å². The lowest BCUT2D eigenvalue weighted by Gasteiger charge is -2.18. The minimum Gasteiger partial charge on any atom is -0.310 e. The maximum atomic E-state index is 4.83. The Balaban J connectivity index is 2.12. The molecule has 1 aromatic rings. The Hall–Kier alpha value is -0.610. The van der Waals surface area contributed by atoms with Gasteiger partial charge in [-0.05, 0) is 37.5 Å². The Morgan fingerprint density at radius 1 is 1.40 bits per heavy atom. The number of nitrogens with zero attached hydrogens (tertiary/aromatic N) is 2. The summed E-state index contributed by atoms with van der Waals surface area (Å²) in [5.41, 5.74) is 2.62. The summed E-state index contributed by atoms with van der Waals surface area (Å²) in [6, 6.07) is 0.458. The highest BCUT2D eigenvalue weighted by Gasteiger charge is 2.20. The number of hydrogen-bond acceptors (Lipinski definition) is 4. The summed E-state index contributed by atoms with van der Waals surface area (Å²) >= 11 is 1.91. The van der Waals surface area contributed by atoms with E-state index in [1.54, 1.807) is 0 Å². The van der Waals surface area contributed by atoms with Crippen molar-refractivity contribution in [3.63, 3.8) is 0 Å². The molecule has 0 saturated carbocycles. The third-order valence-corrected chi connectivity index (χ3v) is 4.76. The van der Waals surface area contributed by atoms with E-state index in [1.165, 1.54) is 36.9 Å². The standard InChI is InChI=1S/C16H27N3S/c1-4-9-17-14-7-5-6-8-15-13(14)10-18-16(19-15)11-20-12(2)3/h10,12,14,17H,4-9,11H2,1-3H3. The van der Waals surface area contributed by atoms with Gasteiger partial charge in [-0.2, -0.15) is 11.8 Å². The van der Waals surface area contributed by atoms with Gasteiger partial charge >= 0.3 is 0 Å². The molecular weight excluding hydrogens is 266 g/mol. The smallest absolute Gasteiger partial charge is 0.138 e. The van der Waals surface area contributed by atoms with E-state index < -0.39 is 0 Å². The van der Waals surface area contributed by atoms with Gasteiger partial charge < -0.3 is 5.32 Å². The Morgan fingerprint density at radius 3 is 3.00 bits per heavy atom. The van der Waals surface area contributed by atoms with Gasteiger partial charge in [0, 0.05) is 23.5 Å². The van der Waals surface area contributed by atoms with Crippen LogP contribution in [0.4, 0.5) is 0 Å². The second-order valence-electron chi connectivity index (χ2n) is 5.80. The van der Waals surface area contributed by atoms with Crippen LogP contribution in [0.25, 0.3) is 0 Å². The molecule has 1 N–H and O–H groups in total. The Labute approximate surface area is 127 Å². The minimum atomic E-state index is 0.458. The summed E-state index contributed by atoms with van der Waals surface area (Å²) in [7, 11) is 0. The molecule has 1 heterocycles. The summed E-state index contributed by atoms with van der Waals surface area (Å²) in [5, 5.41) is 4.29. The molecule has 0 aliphatic heterocycles. The zero-order chi connectivity index (χ0) is 14.4. The number of nitrogens with one attached hydrogen (secondary N) is 1. The summed E-state index contributed by atoms with van der Waals surface area (Å²) < 4.78 is 0. The number of thioether (sulfide) groups is 1. The normalized spacial score (nSPS) is 18.9. The van der Waals surface area contributed by atoms with Crippen molar-refractivity contribution in [2.45, 2.75) is 69.9 Å². The molecule has 0 amide bonds. The minimum absolute atomic E-state index is 0.458. The van der Waals surface area contributed by atoms with Gasteiger partial charge in [0.05, 0.1) is 5.75 Å². The van der Waals surface area contributed by atoms with E-state index in [4.69, 9.17) is 4.98 Å². The molecule has 2 rings (SSSR count). The third kappa shape index (κ3) is 4.45. The number of rotatable bonds is 6. The van der Waals surface area contributed by atoms with Crippen molar-refractivity contribution in [1.29, 1.82) is 0 Å². The molecule has 1 aliphatic rings. The zero-order valence-corrected chi connectivity index (χ0v) is 13.8. The Morgan fingerprint density at radius 2 is 2.25 bits per heavy atom. The lowest BCUT2D eigenvalue weighted by atomic mass is 10.0. The molecule has 0 radical (unpaired) electrons. The number of aromatic nitrogens is 2. The van der Waals surface area contributed by atoms with E-state index in [1.807, 2.05) is 11.8 Å². The van der Waals surface area contributed by atoms with E-state index in [0.717, 1.165) is 24.5 Å². The molecular formula is C16H27N3S. The van der Waals surface area contributed by atoms with Crippen LogP contribution in [0.2, 0.25) is 0 Å². The van der Waals surface area contributed by atoms with Crippen molar-refractivity contribution in [1.82, 2.24) is 15.3 Å². The van der Waals surface area contributed by atoms with Crippen LogP contribution in [0.15, 0.2) is 6.20 Å². The molecule has 0 fully saturated rings. The molecule has 1 unspecified atom stereocenters. The predicted octanol–water partition coefficient (Wildman–Crippen LogP) is 3.89. The zero-order valence-electron chi connectivity index (χ0n) is 13.0. The summed E-state index contributed by atoms with van der Waals surface area (Å²) in [6.07, 6.45) is 8.13. The van der Waals surface area contributed by atoms with Gasteiger partial charge in [-0.3, -0.25) is 0 Å². The average Bonchev–Trinajstić information content (AvgIpc) is 2.64. The van der Waals surface area contributed by atoms with Gasteiger partial charge in [-0.25, -0.2) is 9.97 Å². The summed E-state index contributed by atoms with van der Waals surface area (Å²) in [6.45, 7) is 7.74. The maximum absolute atomic E-state index is 4.83. The maximum Gasteiger partial charge on any atom is 0.138 e. The van der Waals surface area contributed by atoms with Crippen LogP contribution in [0, 0.1) is 0 Å². The second-order valence-corrected chi connectivity index (χ2v) is 7.37. The van der Waals surface area contributed by atoms with Crippen LogP contribution in [-0.2, 0) is 12.2 Å². The van der Waals surface area contributed by atoms with Crippen LogP contribution < -0.4 is 5.32 Å². The molecule has 1 aliphatic carbocycles. The van der Waals surface area contributed by atoms with E-state index in [9.17, 15) is 0 Å². The highest BCUT2D eigenvalue weighted by molar-refractivity contribution is 7.99. The molecule has 4 heteroatoms. The fourth-order valence-corrected chi connectivity index (χ4v) is 3.22. The first-order chi connectivity index (χ1) is 9.70. The highest BCUT2D eigenvalue weighted by atomic mass is 32.2. The molecule has 112 valence electrons. The molecule has 0 spiro atoms. The van der Waals surface area contributed by atoms with Gasteiger partial charge in [0.15, 0.2) is 0 Å². The largest absolute Gasteiger partial charge is 0.310 e. The van der Waals surface area contributed by atoms with Gasteiger partial charge in [0.25, 0.3) is 0 Å². The Bertz CT molecular complexity index is 420. The predicted molar refractivity (Wildman–Crippen MR) is 87.1 cm³/mol. The van der Waals surface area contributed by atoms with E-state index in [-0.39, 0.29) is 0 Å². The van der Waals surface area contributed by atoms with Crippen molar-refractivity contribution in [3.8, 4) is 0 Å². The van der Waals surface area contributed by atoms with Crippen LogP contribution in [0.1, 0.15) is 69.6 Å². The molecule has 20 heavy (non-hydrogen) atoms. The number of hydrogen-bond donors (Lipinski definition) is 1. The molecule has 0 aromatic carbocycles. The van der Waals surface area contributed by atoms with E-state index in [2.05, 4.69) is 37.3 Å². The Kier molecular flexibility index (Phi) is 6.30. The fourth-order valence-electron chi connectivity index (χ4n) is 2.60. The lowest BCUT2D eigenvalue weighted by Crippen LogP contribution is -2.23. The van der Waals surface area contributed by atoms with Gasteiger partial charge in [-0.15, -0.1) is 0 Å². The van der Waals surface area contributed by atoms with Crippen LogP contribution in [0.3, 0.4) is 0 Å². The lowest BCUT2D eigenvalue weighted by molar-refractivity contribution is 0.488. The topological polar surface area (TPSA) is 37.8 Å². The van der Waals surface area contributed by atoms with Crippen molar-refractivity contribution in [2.24, 2.45) is 0 Å². The van der Waals surface area contributed by atoms with E-state index >= 15 is 0 Å². The monoisotopic (exact) mass is 293 g/mol. The van der Waals surface area contributed by atoms with Crippen molar-refractivity contribution < 1.29 is 0 Å². The first-order valence-electron chi connectivity index (χ1n) is 7.90. The van der Waals surface area contributed by atoms with Crippen LogP contribution in [-0.4, -0.2) is 21.8 Å². The van der Waals surface area contributed by atoms with Crippen molar-refractivity contribution in [3.05, 3.63) is 23.3 Å². The molecule has 0 saturated heterocycles. The van der Waals surface area contributed by atoms with E-state index in [0.29, 0.717) is 11.3 Å². The number of aryl methyl sites for hydroxylation is 1. The van der Waals surface area contributed by atoms with Gasteiger partial charge in [0.1, 0.15) is 5.82 Å². The molecule has 1 atom stereocenters. The SMILES string of the molecule is CCCNC1CCCCc2nc(CSC(C)C)ncc21. The third-order valence-electron chi connectivity index (χ3n) is 3.67. The summed E-state index contributed by atoms with van der Waals surface area (Å²) in [4.78, 5) is 9.42. The van der Waals surface area contributed by atoms with Gasteiger partial charge in [-0.1, -0.05) is 27.2 Å². The van der Waals surface area contributed by atoms with Crippen molar-refractivity contribution in [2.75, 3.05) is 6.54 Å². The van der Waals surface area contributed by atoms with Gasteiger partial charge in [0.2, 0.25) is 0 Å². The first kappa shape index (κ1) is 15.8. The molecule has 1 aromatic heterocycles. The quantitative estimate of drug-likeness (QED) is 0.808. The highest BCUT2D eigenvalue weighted by Crippen LogP contribution is 2.27. The fraction of sp³-hybridized carbons (Fsp3) is 0.750. The summed E-state index contributed by atoms with van der Waals surface area (Å²) in [5.74, 6) is 1.93. The first-order valence-corrected chi connectivity index (χ1v) is 8.95. The average molecular weight is 293 g/mol. The van der Waals surface area contributed by atoms with Crippen LogP contribution in [0.5, 0.6) is 0 Å². The van der Waals surface area contributed by atoms with Crippen LogP contribution >= 0.6 is 11.8 Å². The molecule has 3 nitrogen and oxygen atoms in total. The number of fused-ring (bicyclic) bond motifs is 1. The second kappa shape index (κ2) is 7.99. The molecule has 0 bridgehead atoms.